The van der Waals surface area contributed by atoms with Crippen LogP contribution in [-0.4, -0.2) is 47.3 Å². The molecule has 6 rings (SSSR count). The first kappa shape index (κ1) is 19.2. The van der Waals surface area contributed by atoms with Gasteiger partial charge in [0.1, 0.15) is 11.5 Å². The molecule has 0 bridgehead atoms. The number of ether oxygens (including phenoxy) is 2. The van der Waals surface area contributed by atoms with Crippen molar-refractivity contribution in [1.82, 2.24) is 20.4 Å². The highest BCUT2D eigenvalue weighted by atomic mass is 16.7. The Bertz CT molecular complexity index is 1110. The standard InChI is InChI=1S/C24H26N6O2/c25-24(8-10-29(15-24)13-17-4-2-1-3-5-17)28-22-23-26-9-11-30(23)14-19(27-22)18-6-7-20-21(12-18)32-16-31-20/h1-7,9,11-12,14,23,26H,8,10,13,15-16,25H2,(H,27,28). The molecule has 1 fully saturated rings. The monoisotopic (exact) mass is 430 g/mol. The number of hydrogen-bond acceptors (Lipinski definition) is 7. The lowest BCUT2D eigenvalue weighted by Gasteiger charge is -2.33. The van der Waals surface area contributed by atoms with Crippen molar-refractivity contribution in [2.75, 3.05) is 19.9 Å². The van der Waals surface area contributed by atoms with E-state index < -0.39 is 5.66 Å². The van der Waals surface area contributed by atoms with Crippen molar-refractivity contribution in [1.29, 1.82) is 0 Å². The number of nitrogens with zero attached hydrogens (tertiary/aromatic N) is 3. The Morgan fingerprint density at radius 3 is 2.91 bits per heavy atom. The minimum absolute atomic E-state index is 0.0867. The zero-order valence-corrected chi connectivity index (χ0v) is 17.7. The lowest BCUT2D eigenvalue weighted by Crippen LogP contribution is -2.53. The molecule has 8 heteroatoms. The van der Waals surface area contributed by atoms with E-state index in [4.69, 9.17) is 20.2 Å². The van der Waals surface area contributed by atoms with E-state index in [0.29, 0.717) is 0 Å². The number of rotatable bonds is 4. The van der Waals surface area contributed by atoms with Gasteiger partial charge in [0, 0.05) is 43.8 Å². The van der Waals surface area contributed by atoms with Gasteiger partial charge in [-0.1, -0.05) is 30.3 Å². The molecule has 2 atom stereocenters. The molecule has 2 aromatic carbocycles. The summed E-state index contributed by atoms with van der Waals surface area (Å²) in [4.78, 5) is 9.53. The number of benzene rings is 2. The Morgan fingerprint density at radius 1 is 1.12 bits per heavy atom. The van der Waals surface area contributed by atoms with Gasteiger partial charge < -0.3 is 30.7 Å². The number of nitrogens with two attached hydrogens (primary N) is 1. The first-order valence-electron chi connectivity index (χ1n) is 10.9. The van der Waals surface area contributed by atoms with E-state index >= 15 is 0 Å². The average Bonchev–Trinajstić information content (AvgIpc) is 3.54. The summed E-state index contributed by atoms with van der Waals surface area (Å²) in [5.41, 5.74) is 9.38. The first-order chi connectivity index (χ1) is 15.7. The molecule has 0 amide bonds. The molecule has 2 aromatic rings. The van der Waals surface area contributed by atoms with Crippen LogP contribution in [0.4, 0.5) is 0 Å². The molecule has 0 aromatic heterocycles. The third-order valence-electron chi connectivity index (χ3n) is 6.23. The van der Waals surface area contributed by atoms with Gasteiger partial charge in [0.15, 0.2) is 17.7 Å². The Balaban J connectivity index is 1.24. The van der Waals surface area contributed by atoms with Crippen LogP contribution < -0.4 is 25.8 Å². The van der Waals surface area contributed by atoms with Gasteiger partial charge in [-0.3, -0.25) is 4.90 Å². The second kappa shape index (κ2) is 7.58. The van der Waals surface area contributed by atoms with Crippen molar-refractivity contribution >= 4 is 11.5 Å². The predicted octanol–water partition coefficient (Wildman–Crippen LogP) is 1.98. The normalized spacial score (nSPS) is 27.3. The minimum Gasteiger partial charge on any atom is -0.454 e. The maximum absolute atomic E-state index is 6.78. The Kier molecular flexibility index (Phi) is 4.55. The molecule has 0 aliphatic carbocycles. The zero-order chi connectivity index (χ0) is 21.5. The van der Waals surface area contributed by atoms with Gasteiger partial charge in [0.05, 0.1) is 5.70 Å². The summed E-state index contributed by atoms with van der Waals surface area (Å²) in [5.74, 6) is 2.34. The molecular weight excluding hydrogens is 404 g/mol. The molecule has 4 heterocycles. The fourth-order valence-electron chi connectivity index (χ4n) is 4.62. The van der Waals surface area contributed by atoms with Crippen LogP contribution in [0.5, 0.6) is 11.5 Å². The van der Waals surface area contributed by atoms with Crippen LogP contribution in [0, 0.1) is 0 Å². The lowest BCUT2D eigenvalue weighted by molar-refractivity contribution is 0.174. The number of amidine groups is 1. The summed E-state index contributed by atoms with van der Waals surface area (Å²) in [6, 6.07) is 16.4. The van der Waals surface area contributed by atoms with Crippen LogP contribution in [0.25, 0.3) is 5.70 Å². The third kappa shape index (κ3) is 3.57. The minimum atomic E-state index is -0.635. The van der Waals surface area contributed by atoms with E-state index in [1.54, 1.807) is 0 Å². The number of likely N-dealkylation sites (tertiary alicyclic amines) is 1. The topological polar surface area (TPSA) is 87.4 Å². The van der Waals surface area contributed by atoms with Crippen molar-refractivity contribution < 1.29 is 9.47 Å². The lowest BCUT2D eigenvalue weighted by atomic mass is 10.1. The number of fused-ring (bicyclic) bond motifs is 2. The molecule has 4 N–H and O–H groups in total. The molecule has 0 spiro atoms. The van der Waals surface area contributed by atoms with Gasteiger partial charge in [0.25, 0.3) is 0 Å². The van der Waals surface area contributed by atoms with Crippen LogP contribution in [0.3, 0.4) is 0 Å². The van der Waals surface area contributed by atoms with Crippen LogP contribution in [-0.2, 0) is 6.54 Å². The fourth-order valence-corrected chi connectivity index (χ4v) is 4.62. The van der Waals surface area contributed by atoms with E-state index in [9.17, 15) is 0 Å². The van der Waals surface area contributed by atoms with E-state index in [-0.39, 0.29) is 13.0 Å². The van der Waals surface area contributed by atoms with Gasteiger partial charge in [-0.15, -0.1) is 0 Å². The van der Waals surface area contributed by atoms with Gasteiger partial charge >= 0.3 is 0 Å². The fraction of sp³-hybridized carbons (Fsp3) is 0.292. The molecule has 2 unspecified atom stereocenters. The van der Waals surface area contributed by atoms with Crippen LogP contribution in [0.2, 0.25) is 0 Å². The Hall–Kier alpha value is -3.49. The molecule has 4 aliphatic rings. The molecule has 164 valence electrons. The van der Waals surface area contributed by atoms with Crippen molar-refractivity contribution in [2.45, 2.75) is 24.8 Å². The molecule has 8 nitrogen and oxygen atoms in total. The first-order valence-corrected chi connectivity index (χ1v) is 10.9. The Labute approximate surface area is 187 Å². The summed E-state index contributed by atoms with van der Waals surface area (Å²) in [5, 5.41) is 6.88. The van der Waals surface area contributed by atoms with Gasteiger partial charge in [0.2, 0.25) is 6.79 Å². The maximum Gasteiger partial charge on any atom is 0.231 e. The SMILES string of the molecule is NC1(/N=C2\NC(c3ccc4c(c3)OCO4)=CN3C=CNC23)CCN(Cc2ccccc2)C1. The van der Waals surface area contributed by atoms with Crippen molar-refractivity contribution in [3.8, 4) is 11.5 Å². The van der Waals surface area contributed by atoms with E-state index in [2.05, 4.69) is 50.9 Å². The van der Waals surface area contributed by atoms with Crippen LogP contribution in [0.15, 0.2) is 72.1 Å². The van der Waals surface area contributed by atoms with Gasteiger partial charge in [-0.2, -0.15) is 0 Å². The maximum atomic E-state index is 6.78. The number of aliphatic imine (C=N–C) groups is 1. The second-order valence-electron chi connectivity index (χ2n) is 8.61. The van der Waals surface area contributed by atoms with Crippen LogP contribution >= 0.6 is 0 Å². The largest absolute Gasteiger partial charge is 0.454 e. The zero-order valence-electron chi connectivity index (χ0n) is 17.7. The smallest absolute Gasteiger partial charge is 0.231 e. The predicted molar refractivity (Wildman–Crippen MR) is 122 cm³/mol. The highest BCUT2D eigenvalue weighted by Crippen LogP contribution is 2.35. The number of hydrogen-bond donors (Lipinski definition) is 3. The highest BCUT2D eigenvalue weighted by molar-refractivity contribution is 5.97. The number of nitrogens with one attached hydrogen (secondary N) is 2. The summed E-state index contributed by atoms with van der Waals surface area (Å²) in [7, 11) is 0. The van der Waals surface area contributed by atoms with Gasteiger partial charge in [-0.05, 0) is 30.2 Å². The summed E-state index contributed by atoms with van der Waals surface area (Å²) in [6.07, 6.45) is 6.73. The molecule has 0 saturated carbocycles. The van der Waals surface area contributed by atoms with E-state index in [0.717, 1.165) is 54.7 Å². The quantitative estimate of drug-likeness (QED) is 0.684. The average molecular weight is 431 g/mol. The Morgan fingerprint density at radius 2 is 2.00 bits per heavy atom. The third-order valence-corrected chi connectivity index (χ3v) is 6.23. The summed E-state index contributed by atoms with van der Waals surface area (Å²) < 4.78 is 11.0. The van der Waals surface area contributed by atoms with E-state index in [1.165, 1.54) is 5.56 Å². The van der Waals surface area contributed by atoms with Crippen molar-refractivity contribution in [2.24, 2.45) is 10.7 Å². The van der Waals surface area contributed by atoms with Crippen molar-refractivity contribution in [3.05, 3.63) is 78.3 Å². The molecule has 4 aliphatic heterocycles. The molecular formula is C24H26N6O2. The van der Waals surface area contributed by atoms with Gasteiger partial charge in [-0.25, -0.2) is 4.99 Å². The summed E-state index contributed by atoms with van der Waals surface area (Å²) in [6.45, 7) is 2.78. The summed E-state index contributed by atoms with van der Waals surface area (Å²) >= 11 is 0. The van der Waals surface area contributed by atoms with Crippen molar-refractivity contribution in [3.63, 3.8) is 0 Å². The molecule has 32 heavy (non-hydrogen) atoms. The highest BCUT2D eigenvalue weighted by Gasteiger charge is 2.37. The second-order valence-corrected chi connectivity index (χ2v) is 8.61. The molecule has 1 saturated heterocycles. The van der Waals surface area contributed by atoms with Crippen LogP contribution in [0.1, 0.15) is 17.5 Å². The van der Waals surface area contributed by atoms with E-state index in [1.807, 2.05) is 36.7 Å². The molecule has 0 radical (unpaired) electrons.